The molecule has 1 N–H and O–H groups in total. The van der Waals surface area contributed by atoms with Crippen molar-refractivity contribution in [3.63, 3.8) is 0 Å². The fourth-order valence-electron chi connectivity index (χ4n) is 4.62. The van der Waals surface area contributed by atoms with E-state index in [-0.39, 0.29) is 18.4 Å². The highest BCUT2D eigenvalue weighted by Gasteiger charge is 2.35. The van der Waals surface area contributed by atoms with Crippen molar-refractivity contribution < 1.29 is 14.6 Å². The number of carbonyl (C=O) groups excluding carboxylic acids is 1. The van der Waals surface area contributed by atoms with E-state index in [1.54, 1.807) is 12.1 Å². The third-order valence-corrected chi connectivity index (χ3v) is 6.91. The molecule has 0 spiro atoms. The summed E-state index contributed by atoms with van der Waals surface area (Å²) in [7, 11) is 0. The minimum absolute atomic E-state index is 0.0664. The van der Waals surface area contributed by atoms with E-state index in [1.807, 2.05) is 77.9 Å². The zero-order valence-electron chi connectivity index (χ0n) is 19.8. The lowest BCUT2D eigenvalue weighted by Gasteiger charge is -2.19. The highest BCUT2D eigenvalue weighted by Crippen LogP contribution is 2.33. The smallest absolute Gasteiger partial charge is 0.227 e. The molecule has 2 atom stereocenters. The van der Waals surface area contributed by atoms with Crippen molar-refractivity contribution in [1.82, 2.24) is 9.55 Å². The number of amides is 1. The number of fused-ring (bicyclic) bond motifs is 1. The fourth-order valence-corrected chi connectivity index (χ4v) is 4.73. The summed E-state index contributed by atoms with van der Waals surface area (Å²) in [5.74, 6) is 1.50. The molecule has 0 radical (unpaired) electrons. The minimum atomic E-state index is -0.757. The molecule has 1 saturated heterocycles. The lowest BCUT2D eigenvalue weighted by molar-refractivity contribution is -0.117. The average Bonchev–Trinajstić information content (AvgIpc) is 3.41. The van der Waals surface area contributed by atoms with Gasteiger partial charge in [0.15, 0.2) is 0 Å². The Balaban J connectivity index is 1.37. The number of benzene rings is 3. The number of aryl methyl sites for hydroxylation is 2. The van der Waals surface area contributed by atoms with Gasteiger partial charge < -0.3 is 19.3 Å². The van der Waals surface area contributed by atoms with Crippen LogP contribution in [0.15, 0.2) is 66.7 Å². The Kier molecular flexibility index (Phi) is 6.50. The van der Waals surface area contributed by atoms with Crippen molar-refractivity contribution >= 4 is 34.2 Å². The molecule has 2 heterocycles. The van der Waals surface area contributed by atoms with Gasteiger partial charge in [-0.25, -0.2) is 4.98 Å². The van der Waals surface area contributed by atoms with E-state index in [4.69, 9.17) is 21.3 Å². The summed E-state index contributed by atoms with van der Waals surface area (Å²) in [6.07, 6.45) is -0.374. The summed E-state index contributed by atoms with van der Waals surface area (Å²) in [5.41, 5.74) is 4.77. The standard InChI is InChI=1S/C28H28ClN3O3/c1-18-7-9-21(10-8-18)31-15-20(14-27(31)34)28-30-25-5-3-4-6-26(25)32(28)16-22(33)17-35-23-11-12-24(29)19(2)13-23/h3-13,20,22,33H,14-17H2,1-2H3/t20-,22-/m0/s1. The van der Waals surface area contributed by atoms with Gasteiger partial charge in [-0.3, -0.25) is 4.79 Å². The SMILES string of the molecule is Cc1ccc(N2C[C@@H](c3nc4ccccc4n3C[C@H](O)COc3ccc(Cl)c(C)c3)CC2=O)cc1. The van der Waals surface area contributed by atoms with E-state index in [1.165, 1.54) is 0 Å². The molecule has 0 saturated carbocycles. The Morgan fingerprint density at radius 3 is 2.66 bits per heavy atom. The Morgan fingerprint density at radius 1 is 1.11 bits per heavy atom. The molecule has 6 nitrogen and oxygen atoms in total. The molecule has 0 bridgehead atoms. The molecular formula is C28H28ClN3O3. The van der Waals surface area contributed by atoms with Crippen LogP contribution in [0.3, 0.4) is 0 Å². The van der Waals surface area contributed by atoms with E-state index in [2.05, 4.69) is 0 Å². The maximum atomic E-state index is 12.9. The number of aromatic nitrogens is 2. The first-order valence-corrected chi connectivity index (χ1v) is 12.2. The molecule has 3 aromatic carbocycles. The zero-order chi connectivity index (χ0) is 24.5. The maximum absolute atomic E-state index is 12.9. The number of aliphatic hydroxyl groups excluding tert-OH is 1. The highest BCUT2D eigenvalue weighted by atomic mass is 35.5. The van der Waals surface area contributed by atoms with Crippen molar-refractivity contribution in [1.29, 1.82) is 0 Å². The number of imidazole rings is 1. The first-order valence-electron chi connectivity index (χ1n) is 11.8. The van der Waals surface area contributed by atoms with Crippen LogP contribution < -0.4 is 9.64 Å². The van der Waals surface area contributed by atoms with Crippen LogP contribution in [0.25, 0.3) is 11.0 Å². The second-order valence-corrected chi connectivity index (χ2v) is 9.59. The van der Waals surface area contributed by atoms with E-state index < -0.39 is 6.10 Å². The number of anilines is 1. The average molecular weight is 490 g/mol. The number of ether oxygens (including phenoxy) is 1. The van der Waals surface area contributed by atoms with Gasteiger partial charge in [-0.2, -0.15) is 0 Å². The van der Waals surface area contributed by atoms with Crippen LogP contribution >= 0.6 is 11.6 Å². The van der Waals surface area contributed by atoms with Gasteiger partial charge in [-0.15, -0.1) is 0 Å². The lowest BCUT2D eigenvalue weighted by atomic mass is 10.1. The van der Waals surface area contributed by atoms with Crippen LogP contribution in [0.1, 0.15) is 29.3 Å². The molecule has 1 amide bonds. The monoisotopic (exact) mass is 489 g/mol. The third kappa shape index (κ3) is 4.90. The predicted molar refractivity (Wildman–Crippen MR) is 138 cm³/mol. The maximum Gasteiger partial charge on any atom is 0.227 e. The molecule has 5 rings (SSSR count). The van der Waals surface area contributed by atoms with Gasteiger partial charge >= 0.3 is 0 Å². The van der Waals surface area contributed by atoms with Crippen LogP contribution in [0.2, 0.25) is 5.02 Å². The molecule has 4 aromatic rings. The van der Waals surface area contributed by atoms with E-state index in [0.29, 0.717) is 30.3 Å². The lowest BCUT2D eigenvalue weighted by Crippen LogP contribution is -2.26. The van der Waals surface area contributed by atoms with Gasteiger partial charge in [0.2, 0.25) is 5.91 Å². The number of rotatable bonds is 7. The molecule has 1 aliphatic rings. The Morgan fingerprint density at radius 2 is 1.89 bits per heavy atom. The van der Waals surface area contributed by atoms with Crippen LogP contribution in [-0.4, -0.2) is 39.8 Å². The van der Waals surface area contributed by atoms with Crippen LogP contribution in [-0.2, 0) is 11.3 Å². The molecule has 180 valence electrons. The highest BCUT2D eigenvalue weighted by molar-refractivity contribution is 6.31. The topological polar surface area (TPSA) is 67.6 Å². The molecule has 0 aliphatic carbocycles. The number of nitrogens with zero attached hydrogens (tertiary/aromatic N) is 3. The van der Waals surface area contributed by atoms with Crippen molar-refractivity contribution in [3.05, 3.63) is 88.7 Å². The first kappa shape index (κ1) is 23.4. The normalized spacial score (nSPS) is 16.7. The van der Waals surface area contributed by atoms with Gasteiger partial charge in [0, 0.05) is 29.6 Å². The summed E-state index contributed by atoms with van der Waals surface area (Å²) in [5, 5.41) is 11.5. The van der Waals surface area contributed by atoms with Gasteiger partial charge in [-0.1, -0.05) is 41.4 Å². The van der Waals surface area contributed by atoms with Crippen LogP contribution in [0.5, 0.6) is 5.75 Å². The molecule has 7 heteroatoms. The Hall–Kier alpha value is -3.35. The fraction of sp³-hybridized carbons (Fsp3) is 0.286. The molecule has 35 heavy (non-hydrogen) atoms. The molecule has 1 aromatic heterocycles. The van der Waals surface area contributed by atoms with Gasteiger partial charge in [0.1, 0.15) is 24.3 Å². The van der Waals surface area contributed by atoms with Gasteiger partial charge in [0.05, 0.1) is 17.6 Å². The summed E-state index contributed by atoms with van der Waals surface area (Å²) in [6, 6.07) is 21.3. The van der Waals surface area contributed by atoms with Crippen LogP contribution in [0, 0.1) is 13.8 Å². The second kappa shape index (κ2) is 9.72. The first-order chi connectivity index (χ1) is 16.9. The summed E-state index contributed by atoms with van der Waals surface area (Å²) in [4.78, 5) is 19.6. The summed E-state index contributed by atoms with van der Waals surface area (Å²) in [6.45, 7) is 4.95. The largest absolute Gasteiger partial charge is 0.491 e. The summed E-state index contributed by atoms with van der Waals surface area (Å²) < 4.78 is 7.86. The van der Waals surface area contributed by atoms with Crippen LogP contribution in [0.4, 0.5) is 5.69 Å². The van der Waals surface area contributed by atoms with E-state index in [0.717, 1.165) is 33.7 Å². The minimum Gasteiger partial charge on any atom is -0.491 e. The zero-order valence-corrected chi connectivity index (χ0v) is 20.6. The Labute approximate surface area is 209 Å². The van der Waals surface area contributed by atoms with Crippen molar-refractivity contribution in [2.45, 2.75) is 38.8 Å². The third-order valence-electron chi connectivity index (χ3n) is 6.49. The van der Waals surface area contributed by atoms with Crippen molar-refractivity contribution in [2.24, 2.45) is 0 Å². The second-order valence-electron chi connectivity index (χ2n) is 9.19. The number of hydrogen-bond acceptors (Lipinski definition) is 4. The quantitative estimate of drug-likeness (QED) is 0.384. The molecule has 0 unspecified atom stereocenters. The van der Waals surface area contributed by atoms with Gasteiger partial charge in [-0.05, 0) is 61.9 Å². The Bertz CT molecular complexity index is 1370. The van der Waals surface area contributed by atoms with Crippen molar-refractivity contribution in [3.8, 4) is 5.75 Å². The number of para-hydroxylation sites is 2. The molecular weight excluding hydrogens is 462 g/mol. The van der Waals surface area contributed by atoms with Gasteiger partial charge in [0.25, 0.3) is 0 Å². The number of hydrogen-bond donors (Lipinski definition) is 1. The van der Waals surface area contributed by atoms with E-state index >= 15 is 0 Å². The number of aliphatic hydroxyl groups is 1. The molecule has 1 aliphatic heterocycles. The predicted octanol–water partition coefficient (Wildman–Crippen LogP) is 5.27. The summed E-state index contributed by atoms with van der Waals surface area (Å²) >= 11 is 6.10. The van der Waals surface area contributed by atoms with Crippen molar-refractivity contribution in [2.75, 3.05) is 18.1 Å². The number of halogens is 1. The molecule has 1 fully saturated rings. The number of carbonyl (C=O) groups is 1. The van der Waals surface area contributed by atoms with E-state index in [9.17, 15) is 9.90 Å².